The number of hydrogen-bond acceptors (Lipinski definition) is 5. The molecular formula is C26H40N4O5. The van der Waals surface area contributed by atoms with Crippen molar-refractivity contribution in [2.24, 2.45) is 11.8 Å². The Hall–Kier alpha value is -2.81. The first-order valence-electron chi connectivity index (χ1n) is 12.5. The average Bonchev–Trinajstić information content (AvgIpc) is 2.76. The lowest BCUT2D eigenvalue weighted by Gasteiger charge is -2.36. The zero-order valence-corrected chi connectivity index (χ0v) is 21.8. The molecule has 1 aliphatic heterocycles. The SMILES string of the molecule is CO[C@@H]1CN(C)C(=O)c2ccc(NC(=O)C3CCC3)cc2OC[C@@H](C)N(C(=O)NC(C)C)C[C@@H]1C. The summed E-state index contributed by atoms with van der Waals surface area (Å²) < 4.78 is 11.9. The number of nitrogens with zero attached hydrogens (tertiary/aromatic N) is 2. The van der Waals surface area contributed by atoms with E-state index in [4.69, 9.17) is 9.47 Å². The van der Waals surface area contributed by atoms with Crippen molar-refractivity contribution in [2.75, 3.05) is 39.2 Å². The number of hydrogen-bond donors (Lipinski definition) is 2. The van der Waals surface area contributed by atoms with Crippen LogP contribution in [-0.2, 0) is 9.53 Å². The highest BCUT2D eigenvalue weighted by Crippen LogP contribution is 2.30. The molecular weight excluding hydrogens is 448 g/mol. The van der Waals surface area contributed by atoms with Crippen LogP contribution in [0.25, 0.3) is 0 Å². The summed E-state index contributed by atoms with van der Waals surface area (Å²) in [4.78, 5) is 42.2. The first-order valence-corrected chi connectivity index (χ1v) is 12.5. The fourth-order valence-electron chi connectivity index (χ4n) is 4.38. The van der Waals surface area contributed by atoms with Crippen molar-refractivity contribution in [1.82, 2.24) is 15.1 Å². The van der Waals surface area contributed by atoms with E-state index in [-0.39, 0.29) is 54.5 Å². The van der Waals surface area contributed by atoms with Crippen molar-refractivity contribution in [1.29, 1.82) is 0 Å². The third-order valence-electron chi connectivity index (χ3n) is 6.86. The van der Waals surface area contributed by atoms with Crippen LogP contribution in [0.5, 0.6) is 5.75 Å². The third-order valence-corrected chi connectivity index (χ3v) is 6.86. The standard InChI is InChI=1S/C26H40N4O5/c1-16(2)27-26(33)30-13-17(3)23(34-6)14-29(5)25(32)21-11-10-20(12-22(21)35-15-18(30)4)28-24(31)19-8-7-9-19/h10-12,16-19,23H,7-9,13-15H2,1-6H3,(H,27,33)(H,28,31)/t17-,18+,23+/m0/s1. The highest BCUT2D eigenvalue weighted by atomic mass is 16.5. The minimum atomic E-state index is -0.262. The van der Waals surface area contributed by atoms with Crippen LogP contribution in [0.1, 0.15) is 57.3 Å². The molecule has 1 heterocycles. The van der Waals surface area contributed by atoms with Gasteiger partial charge in [-0.25, -0.2) is 4.79 Å². The first kappa shape index (κ1) is 26.8. The predicted octanol–water partition coefficient (Wildman–Crippen LogP) is 3.35. The highest BCUT2D eigenvalue weighted by Gasteiger charge is 2.31. The minimum Gasteiger partial charge on any atom is -0.491 e. The van der Waals surface area contributed by atoms with Gasteiger partial charge in [-0.2, -0.15) is 0 Å². The van der Waals surface area contributed by atoms with E-state index in [0.29, 0.717) is 30.1 Å². The molecule has 3 atom stereocenters. The molecule has 0 aromatic heterocycles. The van der Waals surface area contributed by atoms with E-state index in [1.165, 1.54) is 0 Å². The van der Waals surface area contributed by atoms with Crippen molar-refractivity contribution < 1.29 is 23.9 Å². The van der Waals surface area contributed by atoms with E-state index in [1.807, 2.05) is 27.7 Å². The summed E-state index contributed by atoms with van der Waals surface area (Å²) in [5.41, 5.74) is 0.997. The van der Waals surface area contributed by atoms with Gasteiger partial charge in [-0.15, -0.1) is 0 Å². The summed E-state index contributed by atoms with van der Waals surface area (Å²) in [5, 5.41) is 5.92. The van der Waals surface area contributed by atoms with Crippen LogP contribution in [0.2, 0.25) is 0 Å². The summed E-state index contributed by atoms with van der Waals surface area (Å²) in [6, 6.07) is 4.69. The van der Waals surface area contributed by atoms with Gasteiger partial charge in [0.15, 0.2) is 0 Å². The monoisotopic (exact) mass is 488 g/mol. The molecule has 1 saturated carbocycles. The summed E-state index contributed by atoms with van der Waals surface area (Å²) in [7, 11) is 3.36. The molecule has 35 heavy (non-hydrogen) atoms. The van der Waals surface area contributed by atoms with Crippen LogP contribution in [0.3, 0.4) is 0 Å². The highest BCUT2D eigenvalue weighted by molar-refractivity contribution is 5.99. The topological polar surface area (TPSA) is 100 Å². The Balaban J connectivity index is 1.91. The Morgan fingerprint density at radius 2 is 1.89 bits per heavy atom. The van der Waals surface area contributed by atoms with Crippen molar-refractivity contribution >= 4 is 23.5 Å². The maximum absolute atomic E-state index is 13.3. The van der Waals surface area contributed by atoms with Gasteiger partial charge in [0.2, 0.25) is 5.91 Å². The van der Waals surface area contributed by atoms with Crippen molar-refractivity contribution in [3.05, 3.63) is 23.8 Å². The van der Waals surface area contributed by atoms with E-state index in [2.05, 4.69) is 10.6 Å². The molecule has 0 bridgehead atoms. The molecule has 0 unspecified atom stereocenters. The van der Waals surface area contributed by atoms with Gasteiger partial charge in [-0.3, -0.25) is 9.59 Å². The van der Waals surface area contributed by atoms with Crippen molar-refractivity contribution in [2.45, 2.75) is 65.1 Å². The fraction of sp³-hybridized carbons (Fsp3) is 0.654. The molecule has 1 aromatic rings. The largest absolute Gasteiger partial charge is 0.491 e. The molecule has 0 spiro atoms. The molecule has 4 amide bonds. The number of fused-ring (bicyclic) bond motifs is 1. The number of anilines is 1. The van der Waals surface area contributed by atoms with Gasteiger partial charge < -0.3 is 29.9 Å². The number of nitrogens with one attached hydrogen (secondary N) is 2. The Morgan fingerprint density at radius 3 is 2.49 bits per heavy atom. The molecule has 2 N–H and O–H groups in total. The predicted molar refractivity (Wildman–Crippen MR) is 135 cm³/mol. The molecule has 3 rings (SSSR count). The second kappa shape index (κ2) is 11.7. The molecule has 194 valence electrons. The molecule has 2 aliphatic rings. The number of carbonyl (C=O) groups is 3. The van der Waals surface area contributed by atoms with Gasteiger partial charge in [-0.1, -0.05) is 13.3 Å². The molecule has 9 nitrogen and oxygen atoms in total. The van der Waals surface area contributed by atoms with Crippen LogP contribution in [-0.4, -0.2) is 79.7 Å². The average molecular weight is 489 g/mol. The minimum absolute atomic E-state index is 0.00292. The normalized spacial score (nSPS) is 24.0. The van der Waals surface area contributed by atoms with E-state index in [9.17, 15) is 14.4 Å². The van der Waals surface area contributed by atoms with Crippen molar-refractivity contribution in [3.8, 4) is 5.75 Å². The number of carbonyl (C=O) groups excluding carboxylic acids is 3. The molecule has 1 fully saturated rings. The van der Waals surface area contributed by atoms with E-state index < -0.39 is 0 Å². The lowest BCUT2D eigenvalue weighted by Crippen LogP contribution is -2.52. The van der Waals surface area contributed by atoms with Crippen LogP contribution in [0.15, 0.2) is 18.2 Å². The fourth-order valence-corrected chi connectivity index (χ4v) is 4.38. The smallest absolute Gasteiger partial charge is 0.317 e. The lowest BCUT2D eigenvalue weighted by atomic mass is 9.85. The number of benzene rings is 1. The maximum Gasteiger partial charge on any atom is 0.317 e. The molecule has 1 aliphatic carbocycles. The number of amides is 4. The van der Waals surface area contributed by atoms with Crippen LogP contribution < -0.4 is 15.4 Å². The van der Waals surface area contributed by atoms with E-state index >= 15 is 0 Å². The Labute approximate surface area is 208 Å². The Morgan fingerprint density at radius 1 is 1.17 bits per heavy atom. The number of urea groups is 1. The molecule has 1 aromatic carbocycles. The van der Waals surface area contributed by atoms with Crippen LogP contribution in [0.4, 0.5) is 10.5 Å². The van der Waals surface area contributed by atoms with Gasteiger partial charge in [0.25, 0.3) is 5.91 Å². The number of likely N-dealkylation sites (N-methyl/N-ethyl adjacent to an activating group) is 1. The third kappa shape index (κ3) is 6.66. The Kier molecular flexibility index (Phi) is 8.99. The second-order valence-electron chi connectivity index (χ2n) is 10.2. The van der Waals surface area contributed by atoms with E-state index in [0.717, 1.165) is 19.3 Å². The number of ether oxygens (including phenoxy) is 2. The molecule has 0 saturated heterocycles. The van der Waals surface area contributed by atoms with Gasteiger partial charge in [0, 0.05) is 56.9 Å². The number of methoxy groups -OCH3 is 1. The zero-order valence-electron chi connectivity index (χ0n) is 21.8. The van der Waals surface area contributed by atoms with Crippen LogP contribution in [0, 0.1) is 11.8 Å². The summed E-state index contributed by atoms with van der Waals surface area (Å²) in [5.74, 6) is 0.222. The zero-order chi connectivity index (χ0) is 25.7. The van der Waals surface area contributed by atoms with Gasteiger partial charge >= 0.3 is 6.03 Å². The second-order valence-corrected chi connectivity index (χ2v) is 10.2. The summed E-state index contributed by atoms with van der Waals surface area (Å²) >= 11 is 0. The first-order chi connectivity index (χ1) is 16.6. The quantitative estimate of drug-likeness (QED) is 0.677. The lowest BCUT2D eigenvalue weighted by molar-refractivity contribution is -0.122. The van der Waals surface area contributed by atoms with Gasteiger partial charge in [0.1, 0.15) is 12.4 Å². The maximum atomic E-state index is 13.3. The summed E-state index contributed by atoms with van der Waals surface area (Å²) in [6.07, 6.45) is 2.63. The van der Waals surface area contributed by atoms with Crippen molar-refractivity contribution in [3.63, 3.8) is 0 Å². The summed E-state index contributed by atoms with van der Waals surface area (Å²) in [6.45, 7) is 8.81. The Bertz CT molecular complexity index is 917. The van der Waals surface area contributed by atoms with Gasteiger partial charge in [0.05, 0.1) is 17.7 Å². The number of rotatable bonds is 4. The van der Waals surface area contributed by atoms with Gasteiger partial charge in [-0.05, 0) is 45.7 Å². The molecule has 9 heteroatoms. The van der Waals surface area contributed by atoms with Crippen LogP contribution >= 0.6 is 0 Å². The molecule has 0 radical (unpaired) electrons. The van der Waals surface area contributed by atoms with E-state index in [1.54, 1.807) is 42.2 Å².